The Bertz CT molecular complexity index is 2100. The van der Waals surface area contributed by atoms with Gasteiger partial charge in [0, 0.05) is 32.1 Å². The van der Waals surface area contributed by atoms with Gasteiger partial charge in [-0.15, -0.1) is 0 Å². The summed E-state index contributed by atoms with van der Waals surface area (Å²) in [5.41, 5.74) is 0.236. The van der Waals surface area contributed by atoms with E-state index in [0.717, 1.165) is 4.90 Å². The van der Waals surface area contributed by atoms with Gasteiger partial charge in [-0.1, -0.05) is 35.3 Å². The number of amides is 8. The van der Waals surface area contributed by atoms with E-state index >= 15 is 0 Å². The predicted molar refractivity (Wildman–Crippen MR) is 203 cm³/mol. The number of fused-ring (bicyclic) bond motifs is 1. The van der Waals surface area contributed by atoms with Crippen molar-refractivity contribution in [2.45, 2.75) is 37.8 Å². The number of H-pyrrole nitrogens is 1. The van der Waals surface area contributed by atoms with Crippen molar-refractivity contribution < 1.29 is 52.6 Å². The van der Waals surface area contributed by atoms with Crippen LogP contribution in [0, 0.1) is 0 Å². The minimum atomic E-state index is -1.13. The van der Waals surface area contributed by atoms with Crippen molar-refractivity contribution in [3.05, 3.63) is 75.0 Å². The highest BCUT2D eigenvalue weighted by atomic mass is 35.5. The summed E-state index contributed by atoms with van der Waals surface area (Å²) < 4.78 is 16.5. The molecule has 3 aliphatic rings. The van der Waals surface area contributed by atoms with Crippen molar-refractivity contribution >= 4 is 76.1 Å². The molecule has 1 aromatic heterocycles. The molecule has 0 spiro atoms. The lowest BCUT2D eigenvalue weighted by molar-refractivity contribution is -0.138. The third-order valence-corrected chi connectivity index (χ3v) is 10.1. The zero-order valence-corrected chi connectivity index (χ0v) is 32.3. The smallest absolute Gasteiger partial charge is 0.271 e. The van der Waals surface area contributed by atoms with Gasteiger partial charge in [0.1, 0.15) is 24.1 Å². The normalized spacial score (nSPS) is 16.8. The molecule has 306 valence electrons. The first-order valence-electron chi connectivity index (χ1n) is 18.2. The fraction of sp³-hybridized carbons (Fsp3) is 0.378. The fourth-order valence-electron chi connectivity index (χ4n) is 6.52. The highest BCUT2D eigenvalue weighted by molar-refractivity contribution is 6.40. The SMILES string of the molecule is O=C(COc1cccc2c1C(=O)N(C1CCC(=O)NC1=O)C2=O)NCCOCCOCC(=O)N1CCC(NC(=O)c2[nH]ncc2NC(=O)c2c(Cl)cccc2Cl)CC1. The molecule has 5 N–H and O–H groups in total. The number of carbonyl (C=O) groups excluding carboxylic acids is 8. The number of imide groups is 2. The van der Waals surface area contributed by atoms with Crippen molar-refractivity contribution in [2.24, 2.45) is 0 Å². The quantitative estimate of drug-likeness (QED) is 0.101. The monoisotopic (exact) mass is 840 g/mol. The number of likely N-dealkylation sites (tertiary alicyclic amines) is 1. The van der Waals surface area contributed by atoms with Crippen molar-refractivity contribution in [2.75, 3.05) is 58.0 Å². The number of hydrogen-bond donors (Lipinski definition) is 5. The third kappa shape index (κ3) is 9.79. The molecule has 2 saturated heterocycles. The molecule has 1 atom stereocenters. The van der Waals surface area contributed by atoms with E-state index in [-0.39, 0.29) is 102 Å². The summed E-state index contributed by atoms with van der Waals surface area (Å²) in [7, 11) is 0. The Kier molecular flexibility index (Phi) is 13.7. The van der Waals surface area contributed by atoms with E-state index in [2.05, 4.69) is 31.5 Å². The number of nitrogens with one attached hydrogen (secondary N) is 5. The molecule has 1 unspecified atom stereocenters. The zero-order valence-electron chi connectivity index (χ0n) is 30.8. The maximum Gasteiger partial charge on any atom is 0.271 e. The van der Waals surface area contributed by atoms with E-state index in [1.807, 2.05) is 0 Å². The Labute approximate surface area is 340 Å². The molecule has 6 rings (SSSR count). The lowest BCUT2D eigenvalue weighted by Gasteiger charge is -2.32. The molecule has 19 nitrogen and oxygen atoms in total. The number of carbonyl (C=O) groups is 8. The van der Waals surface area contributed by atoms with E-state index < -0.39 is 54.0 Å². The Hall–Kier alpha value is -5.89. The van der Waals surface area contributed by atoms with Crippen molar-refractivity contribution in [3.8, 4) is 5.75 Å². The maximum atomic E-state index is 13.2. The number of hydrogen-bond acceptors (Lipinski definition) is 12. The number of rotatable bonds is 16. The van der Waals surface area contributed by atoms with Gasteiger partial charge in [0.05, 0.1) is 58.4 Å². The van der Waals surface area contributed by atoms with E-state index in [9.17, 15) is 38.4 Å². The molecular formula is C37H38Cl2N8O11. The lowest BCUT2D eigenvalue weighted by atomic mass is 10.0. The van der Waals surface area contributed by atoms with E-state index in [1.165, 1.54) is 36.5 Å². The van der Waals surface area contributed by atoms with Crippen LogP contribution in [-0.2, 0) is 28.7 Å². The molecule has 8 amide bonds. The molecule has 2 aromatic carbocycles. The van der Waals surface area contributed by atoms with Crippen LogP contribution < -0.4 is 26.0 Å². The summed E-state index contributed by atoms with van der Waals surface area (Å²) in [6.45, 7) is 0.723. The molecule has 0 radical (unpaired) electrons. The first-order chi connectivity index (χ1) is 27.9. The van der Waals surface area contributed by atoms with Crippen molar-refractivity contribution in [1.82, 2.24) is 35.9 Å². The first kappa shape index (κ1) is 41.7. The summed E-state index contributed by atoms with van der Waals surface area (Å²) in [5, 5.41) is 17.0. The fourth-order valence-corrected chi connectivity index (χ4v) is 7.09. The molecule has 2 fully saturated rings. The van der Waals surface area contributed by atoms with Crippen LogP contribution in [0.5, 0.6) is 5.75 Å². The van der Waals surface area contributed by atoms with Gasteiger partial charge >= 0.3 is 0 Å². The summed E-state index contributed by atoms with van der Waals surface area (Å²) >= 11 is 12.3. The minimum Gasteiger partial charge on any atom is -0.483 e. The summed E-state index contributed by atoms with van der Waals surface area (Å²) in [6.07, 6.45) is 2.29. The molecule has 0 aliphatic carbocycles. The number of piperidine rings is 2. The summed E-state index contributed by atoms with van der Waals surface area (Å²) in [4.78, 5) is 103. The van der Waals surface area contributed by atoms with Gasteiger partial charge < -0.3 is 35.1 Å². The zero-order chi connectivity index (χ0) is 41.3. The van der Waals surface area contributed by atoms with Crippen LogP contribution >= 0.6 is 23.2 Å². The van der Waals surface area contributed by atoms with Crippen LogP contribution in [0.15, 0.2) is 42.6 Å². The van der Waals surface area contributed by atoms with Crippen molar-refractivity contribution in [3.63, 3.8) is 0 Å². The van der Waals surface area contributed by atoms with Crippen LogP contribution in [-0.4, -0.2) is 132 Å². The summed E-state index contributed by atoms with van der Waals surface area (Å²) in [6, 6.07) is 7.65. The van der Waals surface area contributed by atoms with Crippen LogP contribution in [0.1, 0.15) is 67.2 Å². The molecule has 3 aliphatic heterocycles. The number of benzene rings is 2. The molecular weight excluding hydrogens is 803 g/mol. The van der Waals surface area contributed by atoms with Crippen LogP contribution in [0.4, 0.5) is 5.69 Å². The Morgan fingerprint density at radius 3 is 2.33 bits per heavy atom. The second-order valence-corrected chi connectivity index (χ2v) is 14.1. The average Bonchev–Trinajstić information content (AvgIpc) is 3.76. The lowest BCUT2D eigenvalue weighted by Crippen LogP contribution is -2.54. The highest BCUT2D eigenvalue weighted by Crippen LogP contribution is 2.33. The van der Waals surface area contributed by atoms with Crippen LogP contribution in [0.2, 0.25) is 10.0 Å². The number of anilines is 1. The molecule has 4 heterocycles. The molecule has 0 bridgehead atoms. The van der Waals surface area contributed by atoms with Gasteiger partial charge in [0.25, 0.3) is 29.5 Å². The standard InChI is InChI=1S/C37H38Cl2N8O11/c38-22-4-2-5-23(39)31(22)34(52)43-24-17-41-45-32(24)35(53)42-20-9-12-46(13-10-20)29(50)19-57-16-15-56-14-11-40-28(49)18-58-26-6-1-3-21-30(26)37(55)47(36(21)54)25-7-8-27(48)44-33(25)51/h1-6,17,20,25H,7-16,18-19H2,(H,40,49)(H,41,45)(H,42,53)(H,43,52)(H,44,48,51). The predicted octanol–water partition coefficient (Wildman–Crippen LogP) is 1.32. The van der Waals surface area contributed by atoms with Gasteiger partial charge in [0.2, 0.25) is 17.7 Å². The number of nitrogens with zero attached hydrogens (tertiary/aromatic N) is 3. The number of halogens is 2. The Morgan fingerprint density at radius 1 is 0.862 bits per heavy atom. The third-order valence-electron chi connectivity index (χ3n) is 9.44. The largest absolute Gasteiger partial charge is 0.483 e. The van der Waals surface area contributed by atoms with Gasteiger partial charge in [-0.2, -0.15) is 5.10 Å². The minimum absolute atomic E-state index is 0.00440. The Morgan fingerprint density at radius 2 is 1.59 bits per heavy atom. The second kappa shape index (κ2) is 19.0. The molecule has 58 heavy (non-hydrogen) atoms. The highest BCUT2D eigenvalue weighted by Gasteiger charge is 2.46. The molecule has 3 aromatic rings. The topological polar surface area (TPSA) is 248 Å². The van der Waals surface area contributed by atoms with Gasteiger partial charge in [-0.25, -0.2) is 0 Å². The van der Waals surface area contributed by atoms with E-state index in [4.69, 9.17) is 37.4 Å². The van der Waals surface area contributed by atoms with Crippen LogP contribution in [0.25, 0.3) is 0 Å². The number of aromatic amines is 1. The summed E-state index contributed by atoms with van der Waals surface area (Å²) in [5.74, 6) is -4.45. The van der Waals surface area contributed by atoms with Crippen LogP contribution in [0.3, 0.4) is 0 Å². The first-order valence-corrected chi connectivity index (χ1v) is 19.0. The van der Waals surface area contributed by atoms with E-state index in [0.29, 0.717) is 25.9 Å². The molecule has 21 heteroatoms. The van der Waals surface area contributed by atoms with E-state index in [1.54, 1.807) is 11.0 Å². The number of ether oxygens (including phenoxy) is 3. The van der Waals surface area contributed by atoms with Gasteiger partial charge in [-0.05, 0) is 43.5 Å². The Balaban J connectivity index is 0.824. The maximum absolute atomic E-state index is 13.2. The number of aromatic nitrogens is 2. The van der Waals surface area contributed by atoms with Gasteiger partial charge in [0.15, 0.2) is 6.61 Å². The van der Waals surface area contributed by atoms with Crippen molar-refractivity contribution in [1.29, 1.82) is 0 Å². The average molecular weight is 842 g/mol. The molecule has 0 saturated carbocycles. The van der Waals surface area contributed by atoms with Gasteiger partial charge in [-0.3, -0.25) is 53.7 Å². The second-order valence-electron chi connectivity index (χ2n) is 13.3.